The quantitative estimate of drug-likeness (QED) is 0.392. The molecule has 1 aromatic heterocycles. The van der Waals surface area contributed by atoms with Crippen molar-refractivity contribution >= 4 is 5.96 Å². The molecule has 32 heavy (non-hydrogen) atoms. The van der Waals surface area contributed by atoms with Gasteiger partial charge >= 0.3 is 0 Å². The Morgan fingerprint density at radius 2 is 1.56 bits per heavy atom. The minimum atomic E-state index is 0.415. The van der Waals surface area contributed by atoms with Crippen LogP contribution in [0.15, 0.2) is 47.5 Å². The van der Waals surface area contributed by atoms with Crippen molar-refractivity contribution in [3.8, 4) is 17.2 Å². The molecule has 0 radical (unpaired) electrons. The fourth-order valence-corrected chi connectivity index (χ4v) is 3.12. The normalized spacial score (nSPS) is 11.2. The van der Waals surface area contributed by atoms with E-state index in [-0.39, 0.29) is 0 Å². The first-order valence-electron chi connectivity index (χ1n) is 10.3. The number of methoxy groups -OCH3 is 3. The molecule has 0 unspecified atom stereocenters. The molecule has 0 saturated carbocycles. The van der Waals surface area contributed by atoms with E-state index in [1.54, 1.807) is 21.3 Å². The zero-order valence-electron chi connectivity index (χ0n) is 19.2. The number of aliphatic imine (C=N–C) groups is 1. The van der Waals surface area contributed by atoms with Crippen molar-refractivity contribution in [1.29, 1.82) is 0 Å². The fraction of sp³-hybridized carbons (Fsp3) is 0.348. The van der Waals surface area contributed by atoms with Crippen molar-refractivity contribution in [3.63, 3.8) is 0 Å². The van der Waals surface area contributed by atoms with Crippen LogP contribution >= 0.6 is 0 Å². The molecule has 0 saturated heterocycles. The monoisotopic (exact) mass is 438 g/mol. The minimum absolute atomic E-state index is 0.415. The van der Waals surface area contributed by atoms with E-state index in [4.69, 9.17) is 19.2 Å². The molecule has 9 nitrogen and oxygen atoms in total. The summed E-state index contributed by atoms with van der Waals surface area (Å²) >= 11 is 0. The van der Waals surface area contributed by atoms with Gasteiger partial charge in [0, 0.05) is 13.6 Å². The molecule has 0 amide bonds. The number of rotatable bonds is 9. The van der Waals surface area contributed by atoms with Crippen LogP contribution in [-0.4, -0.2) is 42.1 Å². The van der Waals surface area contributed by atoms with E-state index in [0.717, 1.165) is 22.8 Å². The van der Waals surface area contributed by atoms with Gasteiger partial charge in [-0.2, -0.15) is 0 Å². The lowest BCUT2D eigenvalue weighted by Crippen LogP contribution is -2.37. The Hall–Kier alpha value is -3.75. The van der Waals surface area contributed by atoms with E-state index in [2.05, 4.69) is 33.0 Å². The summed E-state index contributed by atoms with van der Waals surface area (Å²) in [5, 5.41) is 15.0. The summed E-state index contributed by atoms with van der Waals surface area (Å²) in [5.41, 5.74) is 2.08. The van der Waals surface area contributed by atoms with Crippen LogP contribution in [-0.2, 0) is 26.7 Å². The van der Waals surface area contributed by atoms with Crippen molar-refractivity contribution in [3.05, 3.63) is 65.2 Å². The molecule has 9 heteroatoms. The third-order valence-corrected chi connectivity index (χ3v) is 5.04. The maximum Gasteiger partial charge on any atom is 0.203 e. The molecule has 0 aliphatic carbocycles. The van der Waals surface area contributed by atoms with Crippen molar-refractivity contribution in [1.82, 2.24) is 25.4 Å². The Kier molecular flexibility index (Phi) is 7.91. The third-order valence-electron chi connectivity index (χ3n) is 5.04. The molecule has 2 N–H and O–H groups in total. The molecule has 0 spiro atoms. The van der Waals surface area contributed by atoms with Gasteiger partial charge in [-0.05, 0) is 30.2 Å². The molecule has 2 aromatic carbocycles. The Bertz CT molecular complexity index is 1020. The molecule has 0 aliphatic heterocycles. The molecule has 1 heterocycles. The lowest BCUT2D eigenvalue weighted by Gasteiger charge is -2.15. The molecular formula is C23H30N6O3. The maximum atomic E-state index is 5.45. The molecular weight excluding hydrogens is 408 g/mol. The van der Waals surface area contributed by atoms with Gasteiger partial charge in [0.05, 0.1) is 34.4 Å². The van der Waals surface area contributed by atoms with Crippen LogP contribution < -0.4 is 24.8 Å². The molecule has 3 aromatic rings. The van der Waals surface area contributed by atoms with E-state index in [0.29, 0.717) is 42.8 Å². The number of aromatic nitrogens is 3. The lowest BCUT2D eigenvalue weighted by atomic mass is 10.2. The maximum absolute atomic E-state index is 5.45. The SMILES string of the molecule is COc1cc(CN=C(NCc2ccccc2)NCc2nnc(C)n2C)cc(OC)c1OC. The van der Waals surface area contributed by atoms with Crippen molar-refractivity contribution < 1.29 is 14.2 Å². The largest absolute Gasteiger partial charge is 0.493 e. The second kappa shape index (κ2) is 11.0. The average molecular weight is 439 g/mol. The van der Waals surface area contributed by atoms with Gasteiger partial charge in [0.15, 0.2) is 23.3 Å². The van der Waals surface area contributed by atoms with E-state index in [1.165, 1.54) is 0 Å². The van der Waals surface area contributed by atoms with E-state index >= 15 is 0 Å². The smallest absolute Gasteiger partial charge is 0.203 e. The zero-order chi connectivity index (χ0) is 22.9. The Balaban J connectivity index is 1.79. The van der Waals surface area contributed by atoms with Crippen LogP contribution in [0.4, 0.5) is 0 Å². The Morgan fingerprint density at radius 1 is 0.906 bits per heavy atom. The number of ether oxygens (including phenoxy) is 3. The highest BCUT2D eigenvalue weighted by atomic mass is 16.5. The van der Waals surface area contributed by atoms with Crippen LogP contribution in [0.5, 0.6) is 17.2 Å². The average Bonchev–Trinajstić information content (AvgIpc) is 3.15. The summed E-state index contributed by atoms with van der Waals surface area (Å²) in [6.45, 7) is 3.47. The number of hydrogen-bond donors (Lipinski definition) is 2. The standard InChI is InChI=1S/C23H30N6O3/c1-16-27-28-21(29(16)2)15-26-23(24-13-17-9-7-6-8-10-17)25-14-18-11-19(30-3)22(32-5)20(12-18)31-4/h6-12H,13-15H2,1-5H3,(H2,24,25,26). The first-order chi connectivity index (χ1) is 15.5. The summed E-state index contributed by atoms with van der Waals surface area (Å²) in [7, 11) is 6.72. The predicted octanol–water partition coefficient (Wildman–Crippen LogP) is 2.58. The number of hydrogen-bond acceptors (Lipinski definition) is 6. The van der Waals surface area contributed by atoms with Gasteiger partial charge in [0.25, 0.3) is 0 Å². The van der Waals surface area contributed by atoms with E-state index < -0.39 is 0 Å². The number of nitrogens with one attached hydrogen (secondary N) is 2. The molecule has 0 atom stereocenters. The first kappa shape index (κ1) is 22.9. The highest BCUT2D eigenvalue weighted by Crippen LogP contribution is 2.38. The Labute approximate surface area is 188 Å². The zero-order valence-corrected chi connectivity index (χ0v) is 19.2. The van der Waals surface area contributed by atoms with Crippen LogP contribution in [0.1, 0.15) is 22.8 Å². The molecule has 0 aliphatic rings. The van der Waals surface area contributed by atoms with Crippen LogP contribution in [0.25, 0.3) is 0 Å². The second-order valence-corrected chi connectivity index (χ2v) is 7.11. The second-order valence-electron chi connectivity index (χ2n) is 7.11. The number of nitrogens with zero attached hydrogens (tertiary/aromatic N) is 4. The van der Waals surface area contributed by atoms with E-state index in [1.807, 2.05) is 48.9 Å². The van der Waals surface area contributed by atoms with Gasteiger partial charge in [-0.25, -0.2) is 4.99 Å². The highest BCUT2D eigenvalue weighted by molar-refractivity contribution is 5.79. The lowest BCUT2D eigenvalue weighted by molar-refractivity contribution is 0.324. The molecule has 0 fully saturated rings. The van der Waals surface area contributed by atoms with Gasteiger partial charge in [-0.3, -0.25) is 0 Å². The first-order valence-corrected chi connectivity index (χ1v) is 10.3. The van der Waals surface area contributed by atoms with Crippen molar-refractivity contribution in [2.24, 2.45) is 12.0 Å². The predicted molar refractivity (Wildman–Crippen MR) is 123 cm³/mol. The number of guanidine groups is 1. The minimum Gasteiger partial charge on any atom is -0.493 e. The van der Waals surface area contributed by atoms with Crippen LogP contribution in [0.3, 0.4) is 0 Å². The fourth-order valence-electron chi connectivity index (χ4n) is 3.12. The number of aryl methyl sites for hydroxylation is 1. The summed E-state index contributed by atoms with van der Waals surface area (Å²) in [6.07, 6.45) is 0. The summed E-state index contributed by atoms with van der Waals surface area (Å²) in [5.74, 6) is 4.08. The molecule has 0 bridgehead atoms. The number of benzene rings is 2. The van der Waals surface area contributed by atoms with Gasteiger partial charge in [-0.1, -0.05) is 30.3 Å². The Morgan fingerprint density at radius 3 is 2.12 bits per heavy atom. The summed E-state index contributed by atoms with van der Waals surface area (Å²) in [6, 6.07) is 13.9. The van der Waals surface area contributed by atoms with Gasteiger partial charge in [0.1, 0.15) is 5.82 Å². The van der Waals surface area contributed by atoms with Crippen molar-refractivity contribution in [2.75, 3.05) is 21.3 Å². The third kappa shape index (κ3) is 5.69. The van der Waals surface area contributed by atoms with Crippen molar-refractivity contribution in [2.45, 2.75) is 26.6 Å². The summed E-state index contributed by atoms with van der Waals surface area (Å²) < 4.78 is 18.2. The van der Waals surface area contributed by atoms with Gasteiger partial charge < -0.3 is 29.4 Å². The highest BCUT2D eigenvalue weighted by Gasteiger charge is 2.13. The summed E-state index contributed by atoms with van der Waals surface area (Å²) in [4.78, 5) is 4.75. The van der Waals surface area contributed by atoms with Crippen LogP contribution in [0.2, 0.25) is 0 Å². The van der Waals surface area contributed by atoms with E-state index in [9.17, 15) is 0 Å². The molecule has 3 rings (SSSR count). The van der Waals surface area contributed by atoms with Crippen LogP contribution in [0, 0.1) is 6.92 Å². The topological polar surface area (TPSA) is 94.8 Å². The van der Waals surface area contributed by atoms with Gasteiger partial charge in [-0.15, -0.1) is 10.2 Å². The molecule has 170 valence electrons. The van der Waals surface area contributed by atoms with Gasteiger partial charge in [0.2, 0.25) is 5.75 Å².